The number of carbonyl (C=O) groups excluding carboxylic acids is 3. The maximum Gasteiger partial charge on any atom is 0.253 e. The minimum atomic E-state index is -0.217. The molecule has 2 aromatic carbocycles. The average molecular weight is 410 g/mol. The van der Waals surface area contributed by atoms with Gasteiger partial charge in [-0.25, -0.2) is 0 Å². The molecule has 2 aliphatic rings. The fraction of sp³-hybridized carbons (Fsp3) is 0.318. The highest BCUT2D eigenvalue weighted by atomic mass is 32.2. The van der Waals surface area contributed by atoms with Crippen LogP contribution in [0.15, 0.2) is 47.4 Å². The first-order chi connectivity index (χ1) is 14.1. The second-order valence-electron chi connectivity index (χ2n) is 7.28. The van der Waals surface area contributed by atoms with Gasteiger partial charge in [0.1, 0.15) is 0 Å². The lowest BCUT2D eigenvalue weighted by atomic mass is 10.1. The highest BCUT2D eigenvalue weighted by molar-refractivity contribution is 8.00. The molecule has 1 fully saturated rings. The molecule has 150 valence electrons. The van der Waals surface area contributed by atoms with Crippen molar-refractivity contribution in [3.05, 3.63) is 59.2 Å². The lowest BCUT2D eigenvalue weighted by molar-refractivity contribution is -0.113. The maximum atomic E-state index is 12.7. The van der Waals surface area contributed by atoms with Gasteiger partial charge in [0, 0.05) is 35.7 Å². The van der Waals surface area contributed by atoms with E-state index in [9.17, 15) is 14.4 Å². The Bertz CT molecular complexity index is 954. The molecule has 2 aromatic rings. The molecule has 0 bridgehead atoms. The zero-order valence-electron chi connectivity index (χ0n) is 16.1. The van der Waals surface area contributed by atoms with Crippen molar-refractivity contribution in [1.29, 1.82) is 0 Å². The Labute approximate surface area is 174 Å². The Morgan fingerprint density at radius 2 is 1.86 bits per heavy atom. The monoisotopic (exact) mass is 409 g/mol. The number of benzene rings is 2. The highest BCUT2D eigenvalue weighted by Crippen LogP contribution is 2.31. The molecule has 1 saturated heterocycles. The van der Waals surface area contributed by atoms with Crippen molar-refractivity contribution in [2.75, 3.05) is 24.2 Å². The van der Waals surface area contributed by atoms with Crippen LogP contribution in [0.5, 0.6) is 0 Å². The van der Waals surface area contributed by atoms with Crippen molar-refractivity contribution >= 4 is 35.2 Å². The number of rotatable bonds is 4. The largest absolute Gasteiger partial charge is 0.348 e. The molecular formula is C22H23N3O3S. The fourth-order valence-corrected chi connectivity index (χ4v) is 4.39. The number of carbonyl (C=O) groups is 3. The van der Waals surface area contributed by atoms with Gasteiger partial charge in [0.25, 0.3) is 11.8 Å². The summed E-state index contributed by atoms with van der Waals surface area (Å²) in [5, 5.41) is 5.69. The van der Waals surface area contributed by atoms with Gasteiger partial charge in [-0.3, -0.25) is 14.4 Å². The number of likely N-dealkylation sites (tertiary alicyclic amines) is 1. The number of piperidine rings is 1. The summed E-state index contributed by atoms with van der Waals surface area (Å²) in [5.74, 6) is 0.173. The van der Waals surface area contributed by atoms with E-state index in [1.807, 2.05) is 35.2 Å². The van der Waals surface area contributed by atoms with Crippen molar-refractivity contribution in [2.24, 2.45) is 0 Å². The zero-order chi connectivity index (χ0) is 20.2. The molecule has 0 radical (unpaired) electrons. The average Bonchev–Trinajstić information content (AvgIpc) is 2.77. The Kier molecular flexibility index (Phi) is 5.85. The van der Waals surface area contributed by atoms with Crippen molar-refractivity contribution < 1.29 is 14.4 Å². The smallest absolute Gasteiger partial charge is 0.253 e. The molecule has 2 heterocycles. The van der Waals surface area contributed by atoms with E-state index in [1.165, 1.54) is 18.2 Å². The molecule has 2 aliphatic heterocycles. The summed E-state index contributed by atoms with van der Waals surface area (Å²) in [7, 11) is 0. The van der Waals surface area contributed by atoms with E-state index in [4.69, 9.17) is 0 Å². The molecule has 4 rings (SSSR count). The molecule has 0 spiro atoms. The van der Waals surface area contributed by atoms with Gasteiger partial charge >= 0.3 is 0 Å². The van der Waals surface area contributed by atoms with Gasteiger partial charge < -0.3 is 15.5 Å². The number of hydrogen-bond donors (Lipinski definition) is 2. The second-order valence-corrected chi connectivity index (χ2v) is 8.30. The van der Waals surface area contributed by atoms with E-state index in [-0.39, 0.29) is 17.7 Å². The van der Waals surface area contributed by atoms with Crippen molar-refractivity contribution in [1.82, 2.24) is 10.2 Å². The summed E-state index contributed by atoms with van der Waals surface area (Å²) < 4.78 is 0. The van der Waals surface area contributed by atoms with Gasteiger partial charge in [0.05, 0.1) is 11.4 Å². The van der Waals surface area contributed by atoms with Crippen LogP contribution in [-0.4, -0.2) is 41.5 Å². The number of hydrogen-bond acceptors (Lipinski definition) is 4. The van der Waals surface area contributed by atoms with Crippen LogP contribution in [0, 0.1) is 0 Å². The van der Waals surface area contributed by atoms with E-state index >= 15 is 0 Å². The van der Waals surface area contributed by atoms with E-state index in [2.05, 4.69) is 10.6 Å². The molecule has 0 saturated carbocycles. The van der Waals surface area contributed by atoms with Gasteiger partial charge in [-0.05, 0) is 55.2 Å². The zero-order valence-corrected chi connectivity index (χ0v) is 16.9. The molecule has 29 heavy (non-hydrogen) atoms. The minimum absolute atomic E-state index is 0.0563. The number of anilines is 1. The predicted octanol–water partition coefficient (Wildman–Crippen LogP) is 3.29. The van der Waals surface area contributed by atoms with Crippen molar-refractivity contribution in [3.63, 3.8) is 0 Å². The van der Waals surface area contributed by atoms with Crippen LogP contribution in [0.2, 0.25) is 0 Å². The molecule has 0 unspecified atom stereocenters. The van der Waals surface area contributed by atoms with Gasteiger partial charge in [-0.1, -0.05) is 12.1 Å². The van der Waals surface area contributed by atoms with Gasteiger partial charge in [-0.2, -0.15) is 0 Å². The molecule has 0 aliphatic carbocycles. The Hall–Kier alpha value is -2.80. The molecule has 3 amide bonds. The summed E-state index contributed by atoms with van der Waals surface area (Å²) in [6, 6.07) is 12.7. The number of thioether (sulfide) groups is 1. The van der Waals surface area contributed by atoms with Crippen LogP contribution in [0.4, 0.5) is 5.69 Å². The second kappa shape index (κ2) is 8.69. The lowest BCUT2D eigenvalue weighted by Gasteiger charge is -2.26. The third-order valence-electron chi connectivity index (χ3n) is 5.14. The third-order valence-corrected chi connectivity index (χ3v) is 6.22. The number of nitrogens with zero attached hydrogens (tertiary/aromatic N) is 1. The van der Waals surface area contributed by atoms with E-state index in [1.54, 1.807) is 12.1 Å². The summed E-state index contributed by atoms with van der Waals surface area (Å²) in [6.07, 6.45) is 3.30. The van der Waals surface area contributed by atoms with Crippen molar-refractivity contribution in [3.8, 4) is 0 Å². The quantitative estimate of drug-likeness (QED) is 0.812. The Morgan fingerprint density at radius 3 is 2.69 bits per heavy atom. The Morgan fingerprint density at radius 1 is 1.03 bits per heavy atom. The highest BCUT2D eigenvalue weighted by Gasteiger charge is 2.19. The predicted molar refractivity (Wildman–Crippen MR) is 113 cm³/mol. The molecule has 0 aromatic heterocycles. The third kappa shape index (κ3) is 4.62. The first-order valence-electron chi connectivity index (χ1n) is 9.83. The molecule has 2 N–H and O–H groups in total. The lowest BCUT2D eigenvalue weighted by Crippen LogP contribution is -2.35. The SMILES string of the molecule is O=C1CSc2ccc(C(=O)NCc3cccc(C(=O)N4CCCCC4)c3)cc2N1. The number of fused-ring (bicyclic) bond motifs is 1. The first-order valence-corrected chi connectivity index (χ1v) is 10.8. The van der Waals surface area contributed by atoms with Gasteiger partial charge in [0.2, 0.25) is 5.91 Å². The van der Waals surface area contributed by atoms with E-state index < -0.39 is 0 Å². The minimum Gasteiger partial charge on any atom is -0.348 e. The Balaban J connectivity index is 1.40. The van der Waals surface area contributed by atoms with Crippen LogP contribution >= 0.6 is 11.8 Å². The normalized spacial score (nSPS) is 16.0. The van der Waals surface area contributed by atoms with Gasteiger partial charge in [0.15, 0.2) is 0 Å². The summed E-state index contributed by atoms with van der Waals surface area (Å²) >= 11 is 1.46. The number of amides is 3. The van der Waals surface area contributed by atoms with Crippen LogP contribution in [0.3, 0.4) is 0 Å². The first kappa shape index (κ1) is 19.5. The van der Waals surface area contributed by atoms with Crippen molar-refractivity contribution in [2.45, 2.75) is 30.7 Å². The van der Waals surface area contributed by atoms with Crippen LogP contribution in [0.1, 0.15) is 45.5 Å². The van der Waals surface area contributed by atoms with Crippen LogP contribution < -0.4 is 10.6 Å². The molecule has 7 heteroatoms. The van der Waals surface area contributed by atoms with Crippen LogP contribution in [-0.2, 0) is 11.3 Å². The van der Waals surface area contributed by atoms with E-state index in [0.717, 1.165) is 36.4 Å². The van der Waals surface area contributed by atoms with E-state index in [0.29, 0.717) is 29.1 Å². The van der Waals surface area contributed by atoms with Gasteiger partial charge in [-0.15, -0.1) is 11.8 Å². The maximum absolute atomic E-state index is 12.7. The molecule has 0 atom stereocenters. The van der Waals surface area contributed by atoms with Crippen LogP contribution in [0.25, 0.3) is 0 Å². The topological polar surface area (TPSA) is 78.5 Å². The number of nitrogens with one attached hydrogen (secondary N) is 2. The molecular weight excluding hydrogens is 386 g/mol. The molecule has 6 nitrogen and oxygen atoms in total. The summed E-state index contributed by atoms with van der Waals surface area (Å²) in [4.78, 5) is 39.6. The summed E-state index contributed by atoms with van der Waals surface area (Å²) in [6.45, 7) is 1.96. The standard InChI is InChI=1S/C22H23N3O3S/c26-20-14-29-19-8-7-16(12-18(19)24-20)21(27)23-13-15-5-4-6-17(11-15)22(28)25-9-2-1-3-10-25/h4-8,11-12H,1-3,9-10,13-14H2,(H,23,27)(H,24,26). The fourth-order valence-electron chi connectivity index (χ4n) is 3.60. The summed E-state index contributed by atoms with van der Waals surface area (Å²) in [5.41, 5.74) is 2.70.